The van der Waals surface area contributed by atoms with E-state index in [-0.39, 0.29) is 23.6 Å². The third-order valence-corrected chi connectivity index (χ3v) is 11.4. The minimum Gasteiger partial charge on any atom is -0.364 e. The molecule has 10 heteroatoms. The second-order valence-electron chi connectivity index (χ2n) is 13.4. The summed E-state index contributed by atoms with van der Waals surface area (Å²) >= 11 is 0. The molecule has 4 amide bonds. The smallest absolute Gasteiger partial charge is 0.247 e. The van der Waals surface area contributed by atoms with Gasteiger partial charge in [-0.3, -0.25) is 19.2 Å². The largest absolute Gasteiger partial charge is 0.364 e. The predicted octanol–water partition coefficient (Wildman–Crippen LogP) is 2.38. The molecule has 8 unspecified atom stereocenters. The van der Waals surface area contributed by atoms with Crippen molar-refractivity contribution in [2.75, 3.05) is 10.6 Å². The van der Waals surface area contributed by atoms with Crippen molar-refractivity contribution in [1.29, 1.82) is 0 Å². The molecule has 9 rings (SSSR count). The second-order valence-corrected chi connectivity index (χ2v) is 13.4. The molecule has 0 spiro atoms. The van der Waals surface area contributed by atoms with Crippen LogP contribution in [0, 0.1) is 0 Å². The summed E-state index contributed by atoms with van der Waals surface area (Å²) in [5, 5.41) is 13.4. The van der Waals surface area contributed by atoms with Crippen molar-refractivity contribution in [2.24, 2.45) is 0 Å². The molecule has 0 saturated carbocycles. The molecule has 0 aliphatic carbocycles. The second kappa shape index (κ2) is 9.45. The van der Waals surface area contributed by atoms with Crippen LogP contribution in [0.2, 0.25) is 0 Å². The number of hydrogen-bond acceptors (Lipinski definition) is 6. The van der Waals surface area contributed by atoms with E-state index in [1.807, 2.05) is 66.7 Å². The molecule has 3 aromatic carbocycles. The molecular formula is C36H34N6O4. The van der Waals surface area contributed by atoms with E-state index in [1.54, 1.807) is 15.9 Å². The minimum atomic E-state index is -0.848. The third-order valence-electron chi connectivity index (χ3n) is 11.4. The van der Waals surface area contributed by atoms with Crippen molar-refractivity contribution < 1.29 is 19.2 Å². The van der Waals surface area contributed by atoms with Crippen LogP contribution in [0.15, 0.2) is 91.5 Å². The van der Waals surface area contributed by atoms with Crippen molar-refractivity contribution >= 4 is 35.0 Å². The van der Waals surface area contributed by atoms with Crippen molar-refractivity contribution in [3.8, 4) is 0 Å². The number of nitrogens with zero attached hydrogens (tertiary/aromatic N) is 2. The summed E-state index contributed by atoms with van der Waals surface area (Å²) in [5.74, 6) is -0.671. The number of nitrogens with one attached hydrogen (secondary N) is 4. The highest BCUT2D eigenvalue weighted by Crippen LogP contribution is 2.68. The first-order valence-corrected chi connectivity index (χ1v) is 16.0. The lowest BCUT2D eigenvalue weighted by molar-refractivity contribution is -0.149. The number of piperazine rings is 2. The van der Waals surface area contributed by atoms with Crippen LogP contribution in [0.25, 0.3) is 0 Å². The van der Waals surface area contributed by atoms with E-state index in [1.165, 1.54) is 0 Å². The van der Waals surface area contributed by atoms with Crippen LogP contribution in [0.5, 0.6) is 0 Å². The van der Waals surface area contributed by atoms with Gasteiger partial charge in [0.15, 0.2) is 0 Å². The van der Waals surface area contributed by atoms with Crippen LogP contribution in [0.3, 0.4) is 0 Å². The normalized spacial score (nSPS) is 34.7. The topological polar surface area (TPSA) is 123 Å². The molecule has 6 aliphatic heterocycles. The average Bonchev–Trinajstić information content (AvgIpc) is 3.77. The Morgan fingerprint density at radius 1 is 0.652 bits per heavy atom. The highest BCUT2D eigenvalue weighted by molar-refractivity contribution is 6.01. The van der Waals surface area contributed by atoms with E-state index in [4.69, 9.17) is 0 Å². The molecule has 0 aromatic heterocycles. The number of rotatable bonds is 5. The summed E-state index contributed by atoms with van der Waals surface area (Å²) in [6.07, 6.45) is 1.90. The summed E-state index contributed by atoms with van der Waals surface area (Å²) in [7, 11) is 0. The van der Waals surface area contributed by atoms with Crippen LogP contribution in [0.4, 0.5) is 11.4 Å². The Labute approximate surface area is 266 Å². The zero-order chi connectivity index (χ0) is 31.4. The standard InChI is InChI=1S/C36H34N6O4/c1-2-10-25-31(45)41-27(29(43)37-25)18-35(21-13-6-8-15-23(21)39-33(35)41)36-19-28-30(44)38-26(17-20-11-4-3-5-12-20)32(46)42(28)34(36)40-24-16-9-7-14-22(24)36/h2-9,11-16,25-28,33-34,39-40H,1,10,17-19H2,(H,37,43)(H,38,44). The van der Waals surface area contributed by atoms with Gasteiger partial charge in [0.05, 0.1) is 10.8 Å². The Hall–Kier alpha value is -5.12. The van der Waals surface area contributed by atoms with Gasteiger partial charge < -0.3 is 31.1 Å². The van der Waals surface area contributed by atoms with Gasteiger partial charge in [-0.05, 0) is 48.1 Å². The number of hydrogen-bond donors (Lipinski definition) is 4. The molecule has 4 saturated heterocycles. The Balaban J connectivity index is 1.24. The molecule has 232 valence electrons. The molecule has 4 fully saturated rings. The number of amides is 4. The highest BCUT2D eigenvalue weighted by Gasteiger charge is 2.78. The highest BCUT2D eigenvalue weighted by atomic mass is 16.2. The molecule has 8 atom stereocenters. The predicted molar refractivity (Wildman–Crippen MR) is 170 cm³/mol. The van der Waals surface area contributed by atoms with Crippen LogP contribution in [0.1, 0.15) is 36.0 Å². The lowest BCUT2D eigenvalue weighted by Gasteiger charge is -2.48. The van der Waals surface area contributed by atoms with Gasteiger partial charge in [-0.1, -0.05) is 72.8 Å². The Bertz CT molecular complexity index is 1850. The van der Waals surface area contributed by atoms with Crippen molar-refractivity contribution in [2.45, 2.75) is 73.0 Å². The van der Waals surface area contributed by atoms with Gasteiger partial charge in [0.25, 0.3) is 0 Å². The molecule has 6 heterocycles. The first kappa shape index (κ1) is 27.2. The van der Waals surface area contributed by atoms with Crippen LogP contribution < -0.4 is 21.3 Å². The maximum Gasteiger partial charge on any atom is 0.247 e. The lowest BCUT2D eigenvalue weighted by atomic mass is 9.54. The van der Waals surface area contributed by atoms with Gasteiger partial charge in [0.1, 0.15) is 36.5 Å². The van der Waals surface area contributed by atoms with E-state index < -0.39 is 47.3 Å². The summed E-state index contributed by atoms with van der Waals surface area (Å²) in [5.41, 5.74) is 3.05. The fourth-order valence-electron chi connectivity index (χ4n) is 9.72. The molecule has 0 bridgehead atoms. The Morgan fingerprint density at radius 3 is 1.67 bits per heavy atom. The maximum absolute atomic E-state index is 14.5. The number of anilines is 2. The van der Waals surface area contributed by atoms with Gasteiger partial charge in [0.2, 0.25) is 23.6 Å². The number of para-hydroxylation sites is 2. The van der Waals surface area contributed by atoms with Crippen molar-refractivity contribution in [1.82, 2.24) is 20.4 Å². The molecule has 0 radical (unpaired) electrons. The fourth-order valence-corrected chi connectivity index (χ4v) is 9.72. The first-order valence-electron chi connectivity index (χ1n) is 16.0. The van der Waals surface area contributed by atoms with E-state index >= 15 is 0 Å². The van der Waals surface area contributed by atoms with Gasteiger partial charge >= 0.3 is 0 Å². The SMILES string of the molecule is C=CCC1NC(=O)C2CC3(C45CC6C(=O)NC(Cc7ccccc7)C(=O)N6C4Nc4ccccc45)c4ccccc4NC3N2C1=O. The van der Waals surface area contributed by atoms with Crippen LogP contribution >= 0.6 is 0 Å². The molecule has 46 heavy (non-hydrogen) atoms. The van der Waals surface area contributed by atoms with Crippen LogP contribution in [-0.4, -0.2) is 69.9 Å². The van der Waals surface area contributed by atoms with E-state index in [0.29, 0.717) is 25.7 Å². The summed E-state index contributed by atoms with van der Waals surface area (Å²) in [6, 6.07) is 23.0. The Morgan fingerprint density at radius 2 is 1.13 bits per heavy atom. The fraction of sp³-hybridized carbons (Fsp3) is 0.333. The van der Waals surface area contributed by atoms with Crippen molar-refractivity contribution in [3.05, 3.63) is 108 Å². The van der Waals surface area contributed by atoms with Gasteiger partial charge in [-0.2, -0.15) is 0 Å². The van der Waals surface area contributed by atoms with Crippen LogP contribution in [-0.2, 0) is 36.4 Å². The quantitative estimate of drug-likeness (QED) is 0.328. The molecule has 4 N–H and O–H groups in total. The maximum atomic E-state index is 14.5. The summed E-state index contributed by atoms with van der Waals surface area (Å²) < 4.78 is 0. The average molecular weight is 615 g/mol. The number of fused-ring (bicyclic) bond motifs is 11. The molecule has 10 nitrogen and oxygen atoms in total. The minimum absolute atomic E-state index is 0.136. The monoisotopic (exact) mass is 614 g/mol. The van der Waals surface area contributed by atoms with E-state index in [0.717, 1.165) is 28.1 Å². The molecular weight excluding hydrogens is 580 g/mol. The number of benzene rings is 3. The Kier molecular flexibility index (Phi) is 5.59. The number of carbonyl (C=O) groups is 4. The first-order chi connectivity index (χ1) is 22.4. The molecule has 6 aliphatic rings. The zero-order valence-corrected chi connectivity index (χ0v) is 25.1. The third kappa shape index (κ3) is 3.26. The van der Waals surface area contributed by atoms with Gasteiger partial charge in [0, 0.05) is 17.8 Å². The number of carbonyl (C=O) groups excluding carboxylic acids is 4. The van der Waals surface area contributed by atoms with Crippen molar-refractivity contribution in [3.63, 3.8) is 0 Å². The molecule has 3 aromatic rings. The lowest BCUT2D eigenvalue weighted by Crippen LogP contribution is -2.66. The van der Waals surface area contributed by atoms with Gasteiger partial charge in [-0.25, -0.2) is 0 Å². The van der Waals surface area contributed by atoms with Gasteiger partial charge in [-0.15, -0.1) is 6.58 Å². The van der Waals surface area contributed by atoms with E-state index in [2.05, 4.69) is 40.0 Å². The summed E-state index contributed by atoms with van der Waals surface area (Å²) in [6.45, 7) is 3.81. The summed E-state index contributed by atoms with van der Waals surface area (Å²) in [4.78, 5) is 60.1. The van der Waals surface area contributed by atoms with E-state index in [9.17, 15) is 19.2 Å². The zero-order valence-electron chi connectivity index (χ0n) is 25.1.